The van der Waals surface area contributed by atoms with Gasteiger partial charge in [0.25, 0.3) is 0 Å². The standard InChI is InChI=1S/C10H14ClFN4/c1-6(2)14-10(16-13)15-8-5-3-4-7(11)9(8)12/h3-6H,13H2,1-2H3,(H2,14,15,16). The Morgan fingerprint density at radius 2 is 2.19 bits per heavy atom. The number of aliphatic imine (C=N–C) groups is 1. The van der Waals surface area contributed by atoms with Crippen molar-refractivity contribution in [3.8, 4) is 0 Å². The number of anilines is 1. The van der Waals surface area contributed by atoms with Crippen LogP contribution >= 0.6 is 11.6 Å². The lowest BCUT2D eigenvalue weighted by Crippen LogP contribution is -2.37. The van der Waals surface area contributed by atoms with Crippen molar-refractivity contribution in [2.75, 3.05) is 5.32 Å². The molecule has 1 aromatic rings. The van der Waals surface area contributed by atoms with Gasteiger partial charge in [-0.15, -0.1) is 0 Å². The summed E-state index contributed by atoms with van der Waals surface area (Å²) in [6.45, 7) is 3.76. The molecule has 1 aromatic carbocycles. The molecule has 4 N–H and O–H groups in total. The van der Waals surface area contributed by atoms with E-state index in [-0.39, 0.29) is 22.7 Å². The molecule has 4 nitrogen and oxygen atoms in total. The van der Waals surface area contributed by atoms with Crippen LogP contribution in [0.4, 0.5) is 10.1 Å². The van der Waals surface area contributed by atoms with Crippen LogP contribution in [0.2, 0.25) is 5.02 Å². The van der Waals surface area contributed by atoms with E-state index in [1.165, 1.54) is 6.07 Å². The van der Waals surface area contributed by atoms with E-state index in [9.17, 15) is 4.39 Å². The monoisotopic (exact) mass is 244 g/mol. The Morgan fingerprint density at radius 1 is 1.50 bits per heavy atom. The van der Waals surface area contributed by atoms with E-state index >= 15 is 0 Å². The quantitative estimate of drug-likeness (QED) is 0.323. The summed E-state index contributed by atoms with van der Waals surface area (Å²) in [5.41, 5.74) is 2.58. The highest BCUT2D eigenvalue weighted by atomic mass is 35.5. The zero-order valence-corrected chi connectivity index (χ0v) is 9.85. The average molecular weight is 245 g/mol. The summed E-state index contributed by atoms with van der Waals surface area (Å²) < 4.78 is 13.5. The summed E-state index contributed by atoms with van der Waals surface area (Å²) in [4.78, 5) is 4.12. The molecule has 0 aliphatic rings. The molecule has 0 bridgehead atoms. The van der Waals surface area contributed by atoms with Gasteiger partial charge < -0.3 is 5.32 Å². The van der Waals surface area contributed by atoms with Crippen molar-refractivity contribution in [2.24, 2.45) is 10.8 Å². The molecule has 0 atom stereocenters. The van der Waals surface area contributed by atoms with Crippen LogP contribution < -0.4 is 16.6 Å². The molecule has 0 saturated carbocycles. The van der Waals surface area contributed by atoms with Gasteiger partial charge in [0.2, 0.25) is 5.96 Å². The minimum Gasteiger partial charge on any atom is -0.323 e. The molecule has 0 aliphatic heterocycles. The van der Waals surface area contributed by atoms with Crippen LogP contribution in [-0.4, -0.2) is 12.0 Å². The van der Waals surface area contributed by atoms with E-state index in [4.69, 9.17) is 17.4 Å². The van der Waals surface area contributed by atoms with Gasteiger partial charge in [-0.1, -0.05) is 17.7 Å². The van der Waals surface area contributed by atoms with Crippen molar-refractivity contribution in [2.45, 2.75) is 19.9 Å². The number of hydrogen-bond acceptors (Lipinski definition) is 2. The Hall–Kier alpha value is -1.33. The largest absolute Gasteiger partial charge is 0.323 e. The molecule has 0 radical (unpaired) electrons. The minimum absolute atomic E-state index is 0.0424. The van der Waals surface area contributed by atoms with E-state index < -0.39 is 5.82 Å². The zero-order valence-electron chi connectivity index (χ0n) is 9.09. The van der Waals surface area contributed by atoms with E-state index in [0.717, 1.165) is 0 Å². The number of nitrogens with zero attached hydrogens (tertiary/aromatic N) is 1. The predicted molar refractivity (Wildman–Crippen MR) is 64.9 cm³/mol. The van der Waals surface area contributed by atoms with E-state index in [0.29, 0.717) is 0 Å². The lowest BCUT2D eigenvalue weighted by Gasteiger charge is -2.11. The third-order valence-corrected chi connectivity index (χ3v) is 2.02. The molecule has 88 valence electrons. The summed E-state index contributed by atoms with van der Waals surface area (Å²) >= 11 is 5.64. The maximum absolute atomic E-state index is 13.5. The van der Waals surface area contributed by atoms with E-state index in [1.54, 1.807) is 12.1 Å². The van der Waals surface area contributed by atoms with Crippen LogP contribution in [-0.2, 0) is 0 Å². The van der Waals surface area contributed by atoms with E-state index in [2.05, 4.69) is 15.7 Å². The lowest BCUT2D eigenvalue weighted by atomic mass is 10.3. The number of nitrogens with two attached hydrogens (primary N) is 1. The van der Waals surface area contributed by atoms with Crippen LogP contribution in [0.1, 0.15) is 13.8 Å². The Balaban J connectivity index is 2.91. The Morgan fingerprint density at radius 3 is 2.75 bits per heavy atom. The number of benzene rings is 1. The van der Waals surface area contributed by atoms with Crippen LogP contribution in [0.5, 0.6) is 0 Å². The highest BCUT2D eigenvalue weighted by molar-refractivity contribution is 6.31. The molecule has 0 amide bonds. The second-order valence-electron chi connectivity index (χ2n) is 3.44. The molecular formula is C10H14ClFN4. The molecule has 0 unspecified atom stereocenters. The van der Waals surface area contributed by atoms with Crippen LogP contribution in [0, 0.1) is 5.82 Å². The minimum atomic E-state index is -0.532. The summed E-state index contributed by atoms with van der Waals surface area (Å²) in [7, 11) is 0. The Kier molecular flexibility index (Phi) is 4.52. The number of guanidine groups is 1. The first-order valence-corrected chi connectivity index (χ1v) is 5.18. The van der Waals surface area contributed by atoms with Gasteiger partial charge in [0.15, 0.2) is 5.82 Å². The van der Waals surface area contributed by atoms with Crippen LogP contribution in [0.15, 0.2) is 23.2 Å². The van der Waals surface area contributed by atoms with Gasteiger partial charge in [0.05, 0.1) is 10.7 Å². The van der Waals surface area contributed by atoms with Crippen molar-refractivity contribution in [1.82, 2.24) is 5.43 Å². The summed E-state index contributed by atoms with van der Waals surface area (Å²) in [5, 5.41) is 2.77. The van der Waals surface area contributed by atoms with Crippen molar-refractivity contribution in [3.05, 3.63) is 29.0 Å². The molecule has 16 heavy (non-hydrogen) atoms. The normalized spacial score (nSPS) is 11.8. The highest BCUT2D eigenvalue weighted by Gasteiger charge is 2.07. The third kappa shape index (κ3) is 3.36. The predicted octanol–water partition coefficient (Wildman–Crippen LogP) is 2.12. The second-order valence-corrected chi connectivity index (χ2v) is 3.85. The molecule has 6 heteroatoms. The van der Waals surface area contributed by atoms with Crippen molar-refractivity contribution < 1.29 is 4.39 Å². The van der Waals surface area contributed by atoms with Gasteiger partial charge in [0.1, 0.15) is 0 Å². The maximum Gasteiger partial charge on any atom is 0.210 e. The zero-order chi connectivity index (χ0) is 12.1. The molecule has 0 aliphatic carbocycles. The third-order valence-electron chi connectivity index (χ3n) is 1.73. The number of hydrazine groups is 1. The van der Waals surface area contributed by atoms with Crippen molar-refractivity contribution >= 4 is 23.2 Å². The first-order valence-electron chi connectivity index (χ1n) is 4.80. The maximum atomic E-state index is 13.5. The number of rotatable bonds is 2. The lowest BCUT2D eigenvalue weighted by molar-refractivity contribution is 0.632. The molecular weight excluding hydrogens is 231 g/mol. The SMILES string of the molecule is CC(C)N=C(NN)Nc1cccc(Cl)c1F. The summed E-state index contributed by atoms with van der Waals surface area (Å²) in [5.74, 6) is 5.01. The first kappa shape index (κ1) is 12.7. The molecule has 1 rings (SSSR count). The van der Waals surface area contributed by atoms with Crippen molar-refractivity contribution in [3.63, 3.8) is 0 Å². The fraction of sp³-hybridized carbons (Fsp3) is 0.300. The van der Waals surface area contributed by atoms with E-state index in [1.807, 2.05) is 13.8 Å². The fourth-order valence-electron chi connectivity index (χ4n) is 1.09. The number of hydrogen-bond donors (Lipinski definition) is 3. The molecule has 0 fully saturated rings. The molecule has 0 aromatic heterocycles. The van der Waals surface area contributed by atoms with Gasteiger partial charge in [-0.2, -0.15) is 0 Å². The first-order chi connectivity index (χ1) is 7.54. The number of nitrogens with one attached hydrogen (secondary N) is 2. The Labute approximate surface area is 98.7 Å². The van der Waals surface area contributed by atoms with Crippen LogP contribution in [0.25, 0.3) is 0 Å². The average Bonchev–Trinajstić information content (AvgIpc) is 2.23. The van der Waals surface area contributed by atoms with Gasteiger partial charge in [-0.05, 0) is 26.0 Å². The summed E-state index contributed by atoms with van der Waals surface area (Å²) in [6.07, 6.45) is 0. The molecule has 0 spiro atoms. The van der Waals surface area contributed by atoms with Crippen molar-refractivity contribution in [1.29, 1.82) is 0 Å². The molecule has 0 heterocycles. The summed E-state index contributed by atoms with van der Waals surface area (Å²) in [6, 6.07) is 4.70. The smallest absolute Gasteiger partial charge is 0.210 e. The van der Waals surface area contributed by atoms with Gasteiger partial charge in [-0.25, -0.2) is 15.2 Å². The van der Waals surface area contributed by atoms with Gasteiger partial charge >= 0.3 is 0 Å². The fourth-order valence-corrected chi connectivity index (χ4v) is 1.27. The Bertz CT molecular complexity index is 392. The highest BCUT2D eigenvalue weighted by Crippen LogP contribution is 2.21. The van der Waals surface area contributed by atoms with Crippen LogP contribution in [0.3, 0.4) is 0 Å². The number of halogens is 2. The second kappa shape index (κ2) is 5.67. The van der Waals surface area contributed by atoms with Gasteiger partial charge in [0, 0.05) is 6.04 Å². The van der Waals surface area contributed by atoms with Gasteiger partial charge in [-0.3, -0.25) is 5.43 Å². The topological polar surface area (TPSA) is 62.4 Å². The molecule has 0 saturated heterocycles.